The van der Waals surface area contributed by atoms with Gasteiger partial charge in [-0.1, -0.05) is 35.9 Å². The van der Waals surface area contributed by atoms with Crippen LogP contribution in [0.25, 0.3) is 0 Å². The number of hydrogen-bond acceptors (Lipinski definition) is 4. The minimum atomic E-state index is 0.00481. The van der Waals surface area contributed by atoms with E-state index in [1.165, 1.54) is 11.1 Å². The summed E-state index contributed by atoms with van der Waals surface area (Å²) < 4.78 is 1.76. The molecule has 0 atom stereocenters. The number of benzene rings is 2. The number of halogens is 1. The van der Waals surface area contributed by atoms with Crippen molar-refractivity contribution in [2.75, 3.05) is 11.6 Å². The predicted molar refractivity (Wildman–Crippen MR) is 118 cm³/mol. The first kappa shape index (κ1) is 19.7. The molecule has 2 heterocycles. The first-order valence-electron chi connectivity index (χ1n) is 9.73. The number of fused-ring (bicyclic) bond motifs is 1. The van der Waals surface area contributed by atoms with E-state index in [2.05, 4.69) is 41.8 Å². The smallest absolute Gasteiger partial charge is 0.259 e. The zero-order valence-electron chi connectivity index (χ0n) is 17.2. The molecule has 0 radical (unpaired) electrons. The summed E-state index contributed by atoms with van der Waals surface area (Å²) in [4.78, 5) is 22.1. The number of anilines is 2. The van der Waals surface area contributed by atoms with E-state index in [9.17, 15) is 4.79 Å². The highest BCUT2D eigenvalue weighted by Gasteiger charge is 2.27. The molecule has 2 aromatic carbocycles. The second kappa shape index (κ2) is 7.65. The first-order chi connectivity index (χ1) is 13.8. The summed E-state index contributed by atoms with van der Waals surface area (Å²) in [7, 11) is 0. The van der Waals surface area contributed by atoms with Gasteiger partial charge in [-0.2, -0.15) is 0 Å². The molecule has 0 bridgehead atoms. The molecular formula is C23H25ClN4O. The molecule has 6 heteroatoms. The fourth-order valence-corrected chi connectivity index (χ4v) is 3.84. The lowest BCUT2D eigenvalue weighted by atomic mass is 10.1. The van der Waals surface area contributed by atoms with Crippen LogP contribution in [0.4, 0.5) is 11.6 Å². The lowest BCUT2D eigenvalue weighted by Crippen LogP contribution is -2.47. The lowest BCUT2D eigenvalue weighted by Gasteiger charge is -2.38. The Bertz CT molecular complexity index is 1140. The average Bonchev–Trinajstić information content (AvgIpc) is 2.70. The molecule has 0 saturated carbocycles. The topological polar surface area (TPSA) is 41.4 Å². The molecule has 1 aliphatic heterocycles. The summed E-state index contributed by atoms with van der Waals surface area (Å²) in [6.07, 6.45) is 0. The zero-order chi connectivity index (χ0) is 20.7. The molecule has 1 aliphatic rings. The summed E-state index contributed by atoms with van der Waals surface area (Å²) in [5, 5.41) is 0.738. The van der Waals surface area contributed by atoms with Gasteiger partial charge in [-0.3, -0.25) is 19.2 Å². The molecule has 4 rings (SSSR count). The SMILES string of the molecule is Cc1ccc(N2CN(Cc3ccccc3Cl)Cn3c2nc(C)c(C)c3=O)cc1C. The Labute approximate surface area is 176 Å². The van der Waals surface area contributed by atoms with E-state index in [0.29, 0.717) is 31.4 Å². The maximum Gasteiger partial charge on any atom is 0.259 e. The van der Waals surface area contributed by atoms with Crippen molar-refractivity contribution in [2.24, 2.45) is 0 Å². The van der Waals surface area contributed by atoms with Crippen molar-refractivity contribution in [3.63, 3.8) is 0 Å². The average molecular weight is 409 g/mol. The van der Waals surface area contributed by atoms with Crippen LogP contribution in [0.15, 0.2) is 47.3 Å². The molecule has 0 N–H and O–H groups in total. The minimum absolute atomic E-state index is 0.00481. The van der Waals surface area contributed by atoms with Crippen LogP contribution in [-0.4, -0.2) is 21.1 Å². The number of hydrogen-bond donors (Lipinski definition) is 0. The van der Waals surface area contributed by atoms with Crippen LogP contribution in [-0.2, 0) is 13.2 Å². The van der Waals surface area contributed by atoms with Gasteiger partial charge in [0, 0.05) is 28.5 Å². The third kappa shape index (κ3) is 3.68. The van der Waals surface area contributed by atoms with Gasteiger partial charge in [-0.25, -0.2) is 4.98 Å². The Kier molecular flexibility index (Phi) is 5.19. The quantitative estimate of drug-likeness (QED) is 0.630. The highest BCUT2D eigenvalue weighted by Crippen LogP contribution is 2.30. The third-order valence-electron chi connectivity index (χ3n) is 5.70. The molecule has 5 nitrogen and oxygen atoms in total. The molecule has 0 amide bonds. The maximum absolute atomic E-state index is 13.0. The highest BCUT2D eigenvalue weighted by atomic mass is 35.5. The summed E-state index contributed by atoms with van der Waals surface area (Å²) in [5.74, 6) is 0.691. The molecular weight excluding hydrogens is 384 g/mol. The second-order valence-corrected chi connectivity index (χ2v) is 8.16. The van der Waals surface area contributed by atoms with Crippen LogP contribution in [0.3, 0.4) is 0 Å². The van der Waals surface area contributed by atoms with E-state index in [1.807, 2.05) is 38.1 Å². The summed E-state index contributed by atoms with van der Waals surface area (Å²) in [6, 6.07) is 14.2. The van der Waals surface area contributed by atoms with Crippen molar-refractivity contribution in [3.8, 4) is 0 Å². The van der Waals surface area contributed by atoms with Gasteiger partial charge in [0.25, 0.3) is 5.56 Å². The summed E-state index contributed by atoms with van der Waals surface area (Å²) in [5.41, 5.74) is 5.99. The van der Waals surface area contributed by atoms with Crippen LogP contribution >= 0.6 is 11.6 Å². The van der Waals surface area contributed by atoms with E-state index in [4.69, 9.17) is 16.6 Å². The van der Waals surface area contributed by atoms with Crippen LogP contribution in [0.5, 0.6) is 0 Å². The van der Waals surface area contributed by atoms with Crippen molar-refractivity contribution < 1.29 is 0 Å². The Morgan fingerprint density at radius 1 is 1.00 bits per heavy atom. The first-order valence-corrected chi connectivity index (χ1v) is 10.1. The van der Waals surface area contributed by atoms with E-state index in [-0.39, 0.29) is 5.56 Å². The van der Waals surface area contributed by atoms with Gasteiger partial charge in [0.05, 0.1) is 13.3 Å². The third-order valence-corrected chi connectivity index (χ3v) is 6.06. The van der Waals surface area contributed by atoms with E-state index in [1.54, 1.807) is 4.57 Å². The van der Waals surface area contributed by atoms with Crippen LogP contribution in [0, 0.1) is 27.7 Å². The highest BCUT2D eigenvalue weighted by molar-refractivity contribution is 6.31. The maximum atomic E-state index is 13.0. The van der Waals surface area contributed by atoms with Gasteiger partial charge >= 0.3 is 0 Å². The Morgan fingerprint density at radius 2 is 1.76 bits per heavy atom. The zero-order valence-corrected chi connectivity index (χ0v) is 18.0. The van der Waals surface area contributed by atoms with Crippen molar-refractivity contribution in [3.05, 3.63) is 85.8 Å². The van der Waals surface area contributed by atoms with Crippen molar-refractivity contribution >= 4 is 23.2 Å². The van der Waals surface area contributed by atoms with Crippen molar-refractivity contribution in [2.45, 2.75) is 40.9 Å². The summed E-state index contributed by atoms with van der Waals surface area (Å²) >= 11 is 6.39. The van der Waals surface area contributed by atoms with Crippen LogP contribution in [0.2, 0.25) is 5.02 Å². The Hall–Kier alpha value is -2.63. The molecule has 29 heavy (non-hydrogen) atoms. The van der Waals surface area contributed by atoms with E-state index >= 15 is 0 Å². The fourth-order valence-electron chi connectivity index (χ4n) is 3.64. The van der Waals surface area contributed by atoms with Crippen LogP contribution < -0.4 is 10.5 Å². The van der Waals surface area contributed by atoms with E-state index < -0.39 is 0 Å². The Morgan fingerprint density at radius 3 is 2.48 bits per heavy atom. The van der Waals surface area contributed by atoms with E-state index in [0.717, 1.165) is 22.0 Å². The summed E-state index contributed by atoms with van der Waals surface area (Å²) in [6.45, 7) is 9.70. The largest absolute Gasteiger partial charge is 0.298 e. The van der Waals surface area contributed by atoms with Crippen molar-refractivity contribution in [1.82, 2.24) is 14.5 Å². The number of rotatable bonds is 3. The Balaban J connectivity index is 1.80. The minimum Gasteiger partial charge on any atom is -0.298 e. The second-order valence-electron chi connectivity index (χ2n) is 7.76. The molecule has 0 unspecified atom stereocenters. The molecule has 0 saturated heterocycles. The monoisotopic (exact) mass is 408 g/mol. The van der Waals surface area contributed by atoms with Crippen LogP contribution in [0.1, 0.15) is 27.9 Å². The van der Waals surface area contributed by atoms with Gasteiger partial charge < -0.3 is 0 Å². The lowest BCUT2D eigenvalue weighted by molar-refractivity contribution is 0.190. The normalized spacial score (nSPS) is 14.2. The standard InChI is InChI=1S/C23H25ClN4O/c1-15-9-10-20(11-16(15)2)27-13-26(12-19-7-5-6-8-21(19)24)14-28-22(29)17(3)18(4)25-23(27)28/h5-11H,12-14H2,1-4H3. The number of nitrogens with zero attached hydrogens (tertiary/aromatic N) is 4. The number of aryl methyl sites for hydroxylation is 3. The van der Waals surface area contributed by atoms with Gasteiger partial charge in [0.15, 0.2) is 0 Å². The molecule has 3 aromatic rings. The fraction of sp³-hybridized carbons (Fsp3) is 0.304. The molecule has 150 valence electrons. The molecule has 0 fully saturated rings. The predicted octanol–water partition coefficient (Wildman–Crippen LogP) is 4.70. The van der Waals surface area contributed by atoms with Gasteiger partial charge in [0.2, 0.25) is 5.95 Å². The number of aromatic nitrogens is 2. The van der Waals surface area contributed by atoms with Crippen molar-refractivity contribution in [1.29, 1.82) is 0 Å². The molecule has 1 aromatic heterocycles. The van der Waals surface area contributed by atoms with Gasteiger partial charge in [-0.15, -0.1) is 0 Å². The van der Waals surface area contributed by atoms with Gasteiger partial charge in [0.1, 0.15) is 0 Å². The molecule has 0 spiro atoms. The molecule has 0 aliphatic carbocycles. The van der Waals surface area contributed by atoms with Gasteiger partial charge in [-0.05, 0) is 62.6 Å².